The summed E-state index contributed by atoms with van der Waals surface area (Å²) in [6.45, 7) is 5.71. The Morgan fingerprint density at radius 3 is 2.35 bits per heavy atom. The molecule has 1 unspecified atom stereocenters. The summed E-state index contributed by atoms with van der Waals surface area (Å²) in [5, 5.41) is 9.74. The van der Waals surface area contributed by atoms with Gasteiger partial charge in [0.15, 0.2) is 0 Å². The van der Waals surface area contributed by atoms with Crippen LogP contribution in [0.25, 0.3) is 0 Å². The first kappa shape index (κ1) is 12.6. The monoisotopic (exact) mass is 233 g/mol. The molecule has 1 fully saturated rings. The average Bonchev–Trinajstić information content (AvgIpc) is 2.41. The molecule has 1 saturated heterocycles. The van der Waals surface area contributed by atoms with E-state index in [0.29, 0.717) is 0 Å². The van der Waals surface area contributed by atoms with Gasteiger partial charge in [0, 0.05) is 12.0 Å². The summed E-state index contributed by atoms with van der Waals surface area (Å²) in [4.78, 5) is 2.49. The summed E-state index contributed by atoms with van der Waals surface area (Å²) in [5.41, 5.74) is 1.12. The molecule has 2 heteroatoms. The van der Waals surface area contributed by atoms with Crippen LogP contribution >= 0.6 is 0 Å². The minimum absolute atomic E-state index is 0.126. The molecule has 0 spiro atoms. The zero-order chi connectivity index (χ0) is 12.1. The number of rotatable bonds is 4. The molecule has 1 N–H and O–H groups in total. The van der Waals surface area contributed by atoms with E-state index in [-0.39, 0.29) is 12.0 Å². The normalized spacial score (nSPS) is 21.1. The highest BCUT2D eigenvalue weighted by molar-refractivity contribution is 5.25. The molecule has 2 rings (SSSR count). The van der Waals surface area contributed by atoms with Crippen LogP contribution in [0.4, 0.5) is 0 Å². The van der Waals surface area contributed by atoms with Gasteiger partial charge in [0.1, 0.15) is 0 Å². The summed E-state index contributed by atoms with van der Waals surface area (Å²) < 4.78 is 0. The van der Waals surface area contributed by atoms with Gasteiger partial charge in [-0.3, -0.25) is 0 Å². The zero-order valence-corrected chi connectivity index (χ0v) is 10.7. The lowest BCUT2D eigenvalue weighted by Crippen LogP contribution is -2.43. The molecule has 17 heavy (non-hydrogen) atoms. The molecule has 1 aromatic rings. The molecule has 0 bridgehead atoms. The Morgan fingerprint density at radius 2 is 1.76 bits per heavy atom. The first-order chi connectivity index (χ1) is 8.24. The van der Waals surface area contributed by atoms with Crippen molar-refractivity contribution in [2.45, 2.75) is 31.6 Å². The van der Waals surface area contributed by atoms with Gasteiger partial charge in [0.25, 0.3) is 0 Å². The number of nitrogens with zero attached hydrogens (tertiary/aromatic N) is 1. The summed E-state index contributed by atoms with van der Waals surface area (Å²) >= 11 is 0. The molecule has 1 atom stereocenters. The third-order valence-corrected chi connectivity index (χ3v) is 3.84. The van der Waals surface area contributed by atoms with Crippen LogP contribution in [-0.4, -0.2) is 36.2 Å². The van der Waals surface area contributed by atoms with E-state index in [9.17, 15) is 5.11 Å². The molecule has 94 valence electrons. The maximum absolute atomic E-state index is 9.74. The van der Waals surface area contributed by atoms with Crippen molar-refractivity contribution in [2.75, 3.05) is 26.2 Å². The maximum atomic E-state index is 9.74. The summed E-state index contributed by atoms with van der Waals surface area (Å²) in [5.74, 6) is 0. The van der Waals surface area contributed by atoms with Gasteiger partial charge in [-0.25, -0.2) is 0 Å². The van der Waals surface area contributed by atoms with Gasteiger partial charge < -0.3 is 10.0 Å². The summed E-state index contributed by atoms with van der Waals surface area (Å²) in [7, 11) is 0. The van der Waals surface area contributed by atoms with Gasteiger partial charge in [0.05, 0.1) is 6.61 Å². The fourth-order valence-corrected chi connectivity index (χ4v) is 2.68. The Hall–Kier alpha value is -0.860. The number of likely N-dealkylation sites (tertiary alicyclic amines) is 1. The molecule has 1 aliphatic rings. The molecule has 0 saturated carbocycles. The predicted octanol–water partition coefficient (Wildman–Crippen LogP) is 2.42. The van der Waals surface area contributed by atoms with Gasteiger partial charge in [-0.2, -0.15) is 0 Å². The second-order valence-electron chi connectivity index (χ2n) is 5.42. The van der Waals surface area contributed by atoms with Crippen molar-refractivity contribution in [2.24, 2.45) is 0 Å². The largest absolute Gasteiger partial charge is 0.395 e. The van der Waals surface area contributed by atoms with E-state index in [2.05, 4.69) is 36.1 Å². The van der Waals surface area contributed by atoms with Crippen LogP contribution < -0.4 is 0 Å². The second-order valence-corrected chi connectivity index (χ2v) is 5.42. The fraction of sp³-hybridized carbons (Fsp3) is 0.600. The van der Waals surface area contributed by atoms with E-state index < -0.39 is 0 Å². The molecule has 0 aliphatic carbocycles. The first-order valence-corrected chi connectivity index (χ1v) is 6.63. The van der Waals surface area contributed by atoms with Gasteiger partial charge in [0.2, 0.25) is 0 Å². The molecule has 1 aliphatic heterocycles. The van der Waals surface area contributed by atoms with Crippen molar-refractivity contribution in [3.05, 3.63) is 35.9 Å². The molecular formula is C15H23NO. The number of aliphatic hydroxyl groups is 1. The molecule has 1 heterocycles. The summed E-state index contributed by atoms with van der Waals surface area (Å²) in [6, 6.07) is 10.4. The minimum Gasteiger partial charge on any atom is -0.395 e. The fourth-order valence-electron chi connectivity index (χ4n) is 2.68. The smallest absolute Gasteiger partial charge is 0.0537 e. The van der Waals surface area contributed by atoms with Gasteiger partial charge in [-0.05, 0) is 31.5 Å². The number of aliphatic hydroxyl groups excluding tert-OH is 1. The van der Waals surface area contributed by atoms with E-state index >= 15 is 0 Å². The first-order valence-electron chi connectivity index (χ1n) is 6.63. The van der Waals surface area contributed by atoms with Gasteiger partial charge in [-0.15, -0.1) is 0 Å². The van der Waals surface area contributed by atoms with Gasteiger partial charge in [-0.1, -0.05) is 43.7 Å². The van der Waals surface area contributed by atoms with E-state index in [1.165, 1.54) is 37.9 Å². The van der Waals surface area contributed by atoms with Crippen LogP contribution in [0.3, 0.4) is 0 Å². The lowest BCUT2D eigenvalue weighted by atomic mass is 9.82. The Labute approximate surface area is 104 Å². The van der Waals surface area contributed by atoms with Crippen LogP contribution in [0.2, 0.25) is 0 Å². The molecule has 1 aromatic carbocycles. The molecule has 0 aromatic heterocycles. The van der Waals surface area contributed by atoms with Crippen molar-refractivity contribution in [1.29, 1.82) is 0 Å². The standard InChI is InChI=1S/C15H23NO/c1-15(13-17,14-8-4-2-5-9-14)12-16-10-6-3-7-11-16/h2,4-5,8-9,17H,3,6-7,10-13H2,1H3. The third-order valence-electron chi connectivity index (χ3n) is 3.84. The van der Waals surface area contributed by atoms with E-state index in [4.69, 9.17) is 0 Å². The summed E-state index contributed by atoms with van der Waals surface area (Å²) in [6.07, 6.45) is 3.96. The van der Waals surface area contributed by atoms with E-state index in [0.717, 1.165) is 6.54 Å². The average molecular weight is 233 g/mol. The number of hydrogen-bond acceptors (Lipinski definition) is 2. The van der Waals surface area contributed by atoms with Crippen LogP contribution in [-0.2, 0) is 5.41 Å². The molecule has 2 nitrogen and oxygen atoms in total. The van der Waals surface area contributed by atoms with Crippen molar-refractivity contribution in [1.82, 2.24) is 4.90 Å². The number of piperidine rings is 1. The Morgan fingerprint density at radius 1 is 1.12 bits per heavy atom. The Kier molecular flexibility index (Phi) is 4.19. The predicted molar refractivity (Wildman–Crippen MR) is 71.2 cm³/mol. The van der Waals surface area contributed by atoms with E-state index in [1.54, 1.807) is 0 Å². The number of hydrogen-bond donors (Lipinski definition) is 1. The zero-order valence-electron chi connectivity index (χ0n) is 10.7. The van der Waals surface area contributed by atoms with Crippen molar-refractivity contribution < 1.29 is 5.11 Å². The maximum Gasteiger partial charge on any atom is 0.0537 e. The van der Waals surface area contributed by atoms with Crippen LogP contribution in [0, 0.1) is 0 Å². The lowest BCUT2D eigenvalue weighted by molar-refractivity contribution is 0.130. The second kappa shape index (κ2) is 5.65. The third kappa shape index (κ3) is 3.08. The molecule has 0 amide bonds. The number of benzene rings is 1. The Bertz CT molecular complexity index is 332. The van der Waals surface area contributed by atoms with E-state index in [1.807, 2.05) is 6.07 Å². The van der Waals surface area contributed by atoms with Gasteiger partial charge >= 0.3 is 0 Å². The van der Waals surface area contributed by atoms with Crippen molar-refractivity contribution >= 4 is 0 Å². The molecule has 0 radical (unpaired) electrons. The quantitative estimate of drug-likeness (QED) is 0.863. The van der Waals surface area contributed by atoms with Crippen LogP contribution in [0.15, 0.2) is 30.3 Å². The van der Waals surface area contributed by atoms with Crippen LogP contribution in [0.1, 0.15) is 31.7 Å². The highest BCUT2D eigenvalue weighted by atomic mass is 16.3. The topological polar surface area (TPSA) is 23.5 Å². The lowest BCUT2D eigenvalue weighted by Gasteiger charge is -2.36. The minimum atomic E-state index is -0.126. The Balaban J connectivity index is 2.08. The van der Waals surface area contributed by atoms with Crippen molar-refractivity contribution in [3.63, 3.8) is 0 Å². The van der Waals surface area contributed by atoms with Crippen molar-refractivity contribution in [3.8, 4) is 0 Å². The molecular weight excluding hydrogens is 210 g/mol. The highest BCUT2D eigenvalue weighted by Crippen LogP contribution is 2.25. The van der Waals surface area contributed by atoms with Crippen LogP contribution in [0.5, 0.6) is 0 Å². The highest BCUT2D eigenvalue weighted by Gasteiger charge is 2.28. The SMILES string of the molecule is CC(CO)(CN1CCCCC1)c1ccccc1.